The molecule has 0 aromatic rings. The van der Waals surface area contributed by atoms with Crippen molar-refractivity contribution < 1.29 is 0 Å². The van der Waals surface area contributed by atoms with E-state index in [1.165, 1.54) is 0 Å². The Morgan fingerprint density at radius 2 is 1.56 bits per heavy atom. The minimum absolute atomic E-state index is 0.0131. The van der Waals surface area contributed by atoms with Crippen LogP contribution in [0, 0.1) is 0 Å². The molecule has 0 unspecified atom stereocenters. The summed E-state index contributed by atoms with van der Waals surface area (Å²) in [6.45, 7) is 3.66. The van der Waals surface area contributed by atoms with Crippen molar-refractivity contribution in [2.75, 3.05) is 0 Å². The molecule has 0 N–H and O–H groups in total. The summed E-state index contributed by atoms with van der Waals surface area (Å²) in [5.41, 5.74) is 0. The third-order valence-corrected chi connectivity index (χ3v) is 2.15. The molecule has 0 aromatic heterocycles. The highest BCUT2D eigenvalue weighted by molar-refractivity contribution is 6.68. The van der Waals surface area contributed by atoms with Gasteiger partial charge in [-0.15, -0.1) is 0 Å². The van der Waals surface area contributed by atoms with Gasteiger partial charge in [0.2, 0.25) is 0 Å². The Labute approximate surface area is 74.9 Å². The molecule has 0 radical (unpaired) electrons. The average Bonchev–Trinajstić information content (AvgIpc) is 1.62. The third-order valence-electron chi connectivity index (χ3n) is 0.696. The molecule has 0 bridgehead atoms. The van der Waals surface area contributed by atoms with E-state index in [1.807, 2.05) is 13.8 Å². The monoisotopic (exact) mass is 209 g/mol. The summed E-state index contributed by atoms with van der Waals surface area (Å²) in [5.74, 6) is 0. The molecule has 5 heteroatoms. The van der Waals surface area contributed by atoms with Crippen LogP contribution in [0.15, 0.2) is 0 Å². The molecule has 0 amide bonds. The maximum atomic E-state index is 5.53. The third kappa shape index (κ3) is 3.74. The van der Waals surface area contributed by atoms with Crippen LogP contribution in [-0.4, -0.2) is 14.4 Å². The van der Waals surface area contributed by atoms with Gasteiger partial charge in [-0.2, -0.15) is 4.42 Å². The van der Waals surface area contributed by atoms with Crippen LogP contribution in [0.3, 0.4) is 0 Å². The van der Waals surface area contributed by atoms with E-state index in [1.54, 1.807) is 0 Å². The molecule has 0 spiro atoms. The summed E-state index contributed by atoms with van der Waals surface area (Å²) in [6, 6.07) is 0.0131. The maximum absolute atomic E-state index is 5.53. The van der Waals surface area contributed by atoms with Crippen LogP contribution in [0.5, 0.6) is 0 Å². The van der Waals surface area contributed by atoms with Gasteiger partial charge in [-0.1, -0.05) is 34.8 Å². The van der Waals surface area contributed by atoms with Gasteiger partial charge in [0.1, 0.15) is 0 Å². The molecule has 0 heterocycles. The summed E-state index contributed by atoms with van der Waals surface area (Å²) in [7, 11) is 0. The first-order valence-electron chi connectivity index (χ1n) is 2.37. The number of rotatable bonds is 1. The predicted molar refractivity (Wildman–Crippen MR) is 43.1 cm³/mol. The van der Waals surface area contributed by atoms with Gasteiger partial charge in [-0.05, 0) is 25.6 Å². The van der Waals surface area contributed by atoms with Crippen LogP contribution >= 0.6 is 46.6 Å². The van der Waals surface area contributed by atoms with Gasteiger partial charge in [0.15, 0.2) is 0 Å². The van der Waals surface area contributed by atoms with Crippen molar-refractivity contribution in [3.8, 4) is 0 Å². The molecule has 9 heavy (non-hydrogen) atoms. The number of alkyl halides is 3. The number of hydrogen-bond donors (Lipinski definition) is 0. The number of halogens is 4. The lowest BCUT2D eigenvalue weighted by Gasteiger charge is -2.24. The molecular weight excluding hydrogens is 204 g/mol. The number of nitrogens with zero attached hydrogens (tertiary/aromatic N) is 1. The van der Waals surface area contributed by atoms with Crippen molar-refractivity contribution in [2.45, 2.75) is 23.8 Å². The van der Waals surface area contributed by atoms with Crippen molar-refractivity contribution in [3.05, 3.63) is 0 Å². The second-order valence-electron chi connectivity index (χ2n) is 1.87. The van der Waals surface area contributed by atoms with Gasteiger partial charge in [0.25, 0.3) is 3.92 Å². The molecule has 0 saturated carbocycles. The normalized spacial score (nSPS) is 13.3. The minimum atomic E-state index is -1.50. The number of hydrogen-bond acceptors (Lipinski definition) is 1. The lowest BCUT2D eigenvalue weighted by Crippen LogP contribution is -2.32. The first-order chi connectivity index (χ1) is 3.85. The van der Waals surface area contributed by atoms with Crippen LogP contribution in [0.4, 0.5) is 0 Å². The van der Waals surface area contributed by atoms with E-state index in [-0.39, 0.29) is 6.04 Å². The second-order valence-corrected chi connectivity index (χ2v) is 4.46. The van der Waals surface area contributed by atoms with Gasteiger partial charge in [-0.25, -0.2) is 0 Å². The molecule has 0 aliphatic carbocycles. The van der Waals surface area contributed by atoms with E-state index in [9.17, 15) is 0 Å². The Bertz CT molecular complexity index is 87.1. The zero-order valence-electron chi connectivity index (χ0n) is 5.04. The Balaban J connectivity index is 3.88. The van der Waals surface area contributed by atoms with Gasteiger partial charge in [0, 0.05) is 6.04 Å². The van der Waals surface area contributed by atoms with E-state index in [2.05, 4.69) is 0 Å². The minimum Gasteiger partial charge on any atom is -0.170 e. The first-order valence-corrected chi connectivity index (χ1v) is 3.84. The van der Waals surface area contributed by atoms with Crippen LogP contribution < -0.4 is 0 Å². The molecule has 0 aromatic carbocycles. The van der Waals surface area contributed by atoms with Crippen molar-refractivity contribution in [2.24, 2.45) is 0 Å². The van der Waals surface area contributed by atoms with Crippen LogP contribution in [0.25, 0.3) is 0 Å². The highest BCUT2D eigenvalue weighted by Gasteiger charge is 2.30. The van der Waals surface area contributed by atoms with Crippen LogP contribution in [-0.2, 0) is 0 Å². The molecule has 0 fully saturated rings. The zero-order valence-corrected chi connectivity index (χ0v) is 8.06. The van der Waals surface area contributed by atoms with Crippen molar-refractivity contribution in [3.63, 3.8) is 0 Å². The fourth-order valence-corrected chi connectivity index (χ4v) is 0.878. The zero-order chi connectivity index (χ0) is 7.65. The van der Waals surface area contributed by atoms with E-state index in [0.29, 0.717) is 0 Å². The van der Waals surface area contributed by atoms with E-state index in [0.717, 1.165) is 4.42 Å². The molecule has 1 nitrogen and oxygen atoms in total. The molecule has 0 saturated heterocycles. The van der Waals surface area contributed by atoms with E-state index in [4.69, 9.17) is 46.6 Å². The quantitative estimate of drug-likeness (QED) is 0.365. The van der Waals surface area contributed by atoms with Gasteiger partial charge in [0.05, 0.1) is 0 Å². The topological polar surface area (TPSA) is 3.24 Å². The summed E-state index contributed by atoms with van der Waals surface area (Å²) in [4.78, 5) is 0. The summed E-state index contributed by atoms with van der Waals surface area (Å²) >= 11 is 21.7. The Morgan fingerprint density at radius 1 is 1.22 bits per heavy atom. The maximum Gasteiger partial charge on any atom is 0.261 e. The van der Waals surface area contributed by atoms with E-state index < -0.39 is 3.92 Å². The molecule has 0 aliphatic rings. The lowest BCUT2D eigenvalue weighted by atomic mass is 10.4. The second kappa shape index (κ2) is 3.49. The summed E-state index contributed by atoms with van der Waals surface area (Å²) < 4.78 is -0.382. The Hall–Kier alpha value is 1.12. The average molecular weight is 211 g/mol. The van der Waals surface area contributed by atoms with E-state index >= 15 is 0 Å². The fourth-order valence-electron chi connectivity index (χ4n) is 0.293. The molecule has 0 atom stereocenters. The highest BCUT2D eigenvalue weighted by Crippen LogP contribution is 2.33. The van der Waals surface area contributed by atoms with Crippen molar-refractivity contribution in [1.29, 1.82) is 0 Å². The fraction of sp³-hybridized carbons (Fsp3) is 1.00. The van der Waals surface area contributed by atoms with Crippen molar-refractivity contribution >= 4 is 46.6 Å². The molecular formula is C4H7Cl4N. The largest absolute Gasteiger partial charge is 0.261 e. The highest BCUT2D eigenvalue weighted by atomic mass is 35.6. The Kier molecular flexibility index (Phi) is 3.93. The molecule has 0 rings (SSSR count). The van der Waals surface area contributed by atoms with Crippen molar-refractivity contribution in [1.82, 2.24) is 4.42 Å². The SMILES string of the molecule is CC(C)N(Cl)C(Cl)(Cl)Cl. The van der Waals surface area contributed by atoms with Gasteiger partial charge >= 0.3 is 0 Å². The standard InChI is InChI=1S/C4H7Cl4N/c1-3(2)9(8)4(5,6)7/h3H,1-2H3. The summed E-state index contributed by atoms with van der Waals surface area (Å²) in [5, 5.41) is 0. The van der Waals surface area contributed by atoms with Gasteiger partial charge in [-0.3, -0.25) is 0 Å². The van der Waals surface area contributed by atoms with Gasteiger partial charge < -0.3 is 0 Å². The van der Waals surface area contributed by atoms with Crippen LogP contribution in [0.1, 0.15) is 13.8 Å². The predicted octanol–water partition coefficient (Wildman–Crippen LogP) is 3.18. The smallest absolute Gasteiger partial charge is 0.170 e. The Morgan fingerprint density at radius 3 is 1.56 bits per heavy atom. The molecule has 0 aliphatic heterocycles. The molecule has 56 valence electrons. The summed E-state index contributed by atoms with van der Waals surface area (Å²) in [6.07, 6.45) is 0. The lowest BCUT2D eigenvalue weighted by molar-refractivity contribution is 0.387. The van der Waals surface area contributed by atoms with Crippen LogP contribution in [0.2, 0.25) is 0 Å². The first kappa shape index (κ1) is 10.1.